The van der Waals surface area contributed by atoms with E-state index in [1.165, 1.54) is 19.3 Å². The van der Waals surface area contributed by atoms with Gasteiger partial charge in [0.15, 0.2) is 0 Å². The van der Waals surface area contributed by atoms with Crippen molar-refractivity contribution in [2.75, 3.05) is 0 Å². The number of unbranched alkanes of at least 4 members (excludes halogenated alkanes) is 5. The van der Waals surface area contributed by atoms with Gasteiger partial charge in [-0.15, -0.1) is 0 Å². The van der Waals surface area contributed by atoms with E-state index in [1.54, 1.807) is 0 Å². The first-order valence-corrected chi connectivity index (χ1v) is 8.04. The Kier molecular flexibility index (Phi) is 13.8. The number of carbonyl (C=O) groups excluding carboxylic acids is 1. The number of carboxylic acid groups (broad SMARTS) is 1. The number of aliphatic carboxylic acids is 1. The molecule has 0 aliphatic heterocycles. The minimum Gasteiger partial charge on any atom is -0.550 e. The topological polar surface area (TPSA) is 60.4 Å². The van der Waals surface area contributed by atoms with Gasteiger partial charge in [-0.05, 0) is 51.0 Å². The lowest BCUT2D eigenvalue weighted by Crippen LogP contribution is -2.21. The zero-order valence-electron chi connectivity index (χ0n) is 13.2. The number of allylic oxidation sites excluding steroid dienone is 5. The van der Waals surface area contributed by atoms with Crippen LogP contribution < -0.4 is 5.11 Å². The molecule has 0 heterocycles. The Morgan fingerprint density at radius 2 is 1.67 bits per heavy atom. The highest BCUT2D eigenvalue weighted by Crippen LogP contribution is 2.05. The molecule has 0 aromatic rings. The van der Waals surface area contributed by atoms with Crippen molar-refractivity contribution >= 4 is 5.97 Å². The van der Waals surface area contributed by atoms with Crippen molar-refractivity contribution in [3.05, 3.63) is 36.1 Å². The van der Waals surface area contributed by atoms with Crippen molar-refractivity contribution in [2.24, 2.45) is 0 Å². The molecule has 1 N–H and O–H groups in total. The van der Waals surface area contributed by atoms with Gasteiger partial charge in [-0.1, -0.05) is 44.1 Å². The van der Waals surface area contributed by atoms with Crippen LogP contribution in [0.2, 0.25) is 0 Å². The largest absolute Gasteiger partial charge is 0.550 e. The molecular weight excluding hydrogens is 264 g/mol. The highest BCUT2D eigenvalue weighted by Gasteiger charge is 1.89. The van der Waals surface area contributed by atoms with Crippen LogP contribution in [0.1, 0.15) is 71.1 Å². The maximum absolute atomic E-state index is 10.2. The number of aliphatic hydroxyl groups is 1. The molecule has 3 heteroatoms. The standard InChI is InChI=1S/C18H30O3/c1-2-3-4-5-8-11-14-17(19)15-12-9-6-7-10-13-16-18(20)21/h6,8-9,11,15,19H,2-5,7,10,12-14,16H2,1H3,(H,20,21)/p-1/b9-6-,11-8-,17-15+. The van der Waals surface area contributed by atoms with Gasteiger partial charge in [0.2, 0.25) is 0 Å². The summed E-state index contributed by atoms with van der Waals surface area (Å²) in [5.74, 6) is -0.571. The number of aliphatic hydroxyl groups excluding tert-OH is 1. The molecule has 0 atom stereocenters. The fourth-order valence-electron chi connectivity index (χ4n) is 1.87. The summed E-state index contributed by atoms with van der Waals surface area (Å²) in [6, 6.07) is 0. The molecule has 0 unspecified atom stereocenters. The number of rotatable bonds is 13. The summed E-state index contributed by atoms with van der Waals surface area (Å²) in [5.41, 5.74) is 0. The molecule has 0 fully saturated rings. The quantitative estimate of drug-likeness (QED) is 0.314. The Hall–Kier alpha value is -1.51. The first-order chi connectivity index (χ1) is 10.2. The minimum atomic E-state index is -0.977. The predicted molar refractivity (Wildman–Crippen MR) is 85.8 cm³/mol. The number of carboxylic acids is 1. The molecule has 120 valence electrons. The third kappa shape index (κ3) is 16.4. The number of hydrogen-bond donors (Lipinski definition) is 1. The zero-order chi connectivity index (χ0) is 15.8. The third-order valence-electron chi connectivity index (χ3n) is 3.13. The fourth-order valence-corrected chi connectivity index (χ4v) is 1.87. The molecule has 0 saturated carbocycles. The van der Waals surface area contributed by atoms with Crippen LogP contribution in [0.3, 0.4) is 0 Å². The van der Waals surface area contributed by atoms with E-state index < -0.39 is 5.97 Å². The lowest BCUT2D eigenvalue weighted by Gasteiger charge is -1.98. The smallest absolute Gasteiger partial charge is 0.0923 e. The van der Waals surface area contributed by atoms with Gasteiger partial charge in [0, 0.05) is 12.4 Å². The van der Waals surface area contributed by atoms with Crippen LogP contribution in [0.25, 0.3) is 0 Å². The van der Waals surface area contributed by atoms with E-state index in [1.807, 2.05) is 24.3 Å². The molecule has 0 amide bonds. The second-order valence-corrected chi connectivity index (χ2v) is 5.19. The van der Waals surface area contributed by atoms with Crippen molar-refractivity contribution in [2.45, 2.75) is 71.1 Å². The fraction of sp³-hybridized carbons (Fsp3) is 0.611. The summed E-state index contributed by atoms with van der Waals surface area (Å²) in [5, 5.41) is 19.9. The second-order valence-electron chi connectivity index (χ2n) is 5.19. The van der Waals surface area contributed by atoms with E-state index in [0.717, 1.165) is 25.7 Å². The molecule has 0 spiro atoms. The average molecular weight is 293 g/mol. The highest BCUT2D eigenvalue weighted by atomic mass is 16.4. The van der Waals surface area contributed by atoms with Gasteiger partial charge in [-0.25, -0.2) is 0 Å². The molecular formula is C18H29O3-. The van der Waals surface area contributed by atoms with Gasteiger partial charge >= 0.3 is 0 Å². The molecule has 0 aliphatic rings. The predicted octanol–water partition coefficient (Wildman–Crippen LogP) is 4.21. The molecule has 0 aliphatic carbocycles. The number of hydrogen-bond acceptors (Lipinski definition) is 3. The van der Waals surface area contributed by atoms with Crippen molar-refractivity contribution in [3.63, 3.8) is 0 Å². The van der Waals surface area contributed by atoms with E-state index in [0.29, 0.717) is 18.6 Å². The van der Waals surface area contributed by atoms with Crippen LogP contribution in [0.15, 0.2) is 36.1 Å². The normalized spacial score (nSPS) is 12.5. The van der Waals surface area contributed by atoms with E-state index in [9.17, 15) is 15.0 Å². The van der Waals surface area contributed by atoms with Crippen LogP contribution in [-0.4, -0.2) is 11.1 Å². The molecule has 0 aromatic heterocycles. The highest BCUT2D eigenvalue weighted by molar-refractivity contribution is 5.64. The monoisotopic (exact) mass is 293 g/mol. The lowest BCUT2D eigenvalue weighted by molar-refractivity contribution is -0.305. The maximum Gasteiger partial charge on any atom is 0.0923 e. The maximum atomic E-state index is 10.2. The van der Waals surface area contributed by atoms with Gasteiger partial charge in [0.25, 0.3) is 0 Å². The van der Waals surface area contributed by atoms with Crippen molar-refractivity contribution < 1.29 is 15.0 Å². The van der Waals surface area contributed by atoms with Crippen LogP contribution in [0, 0.1) is 0 Å². The molecule has 0 saturated heterocycles. The van der Waals surface area contributed by atoms with Crippen LogP contribution in [-0.2, 0) is 4.79 Å². The van der Waals surface area contributed by atoms with E-state index in [-0.39, 0.29) is 6.42 Å². The van der Waals surface area contributed by atoms with Crippen LogP contribution >= 0.6 is 0 Å². The summed E-state index contributed by atoms with van der Waals surface area (Å²) >= 11 is 0. The van der Waals surface area contributed by atoms with Gasteiger partial charge in [0.05, 0.1) is 5.76 Å². The Bertz CT molecular complexity index is 340. The molecule has 0 aromatic carbocycles. The Balaban J connectivity index is 3.56. The molecule has 0 radical (unpaired) electrons. The first-order valence-electron chi connectivity index (χ1n) is 8.04. The third-order valence-corrected chi connectivity index (χ3v) is 3.13. The van der Waals surface area contributed by atoms with Crippen molar-refractivity contribution in [1.82, 2.24) is 0 Å². The van der Waals surface area contributed by atoms with E-state index >= 15 is 0 Å². The minimum absolute atomic E-state index is 0.138. The lowest BCUT2D eigenvalue weighted by atomic mass is 10.1. The van der Waals surface area contributed by atoms with Gasteiger partial charge in [-0.2, -0.15) is 0 Å². The molecule has 21 heavy (non-hydrogen) atoms. The van der Waals surface area contributed by atoms with Crippen LogP contribution in [0.5, 0.6) is 0 Å². The van der Waals surface area contributed by atoms with Gasteiger partial charge in [-0.3, -0.25) is 0 Å². The first kappa shape index (κ1) is 19.5. The number of carbonyl (C=O) groups is 1. The average Bonchev–Trinajstić information content (AvgIpc) is 2.45. The van der Waals surface area contributed by atoms with Gasteiger partial charge in [0.1, 0.15) is 0 Å². The van der Waals surface area contributed by atoms with Crippen molar-refractivity contribution in [1.29, 1.82) is 0 Å². The second kappa shape index (κ2) is 14.9. The Morgan fingerprint density at radius 1 is 1.00 bits per heavy atom. The summed E-state index contributed by atoms with van der Waals surface area (Å²) in [4.78, 5) is 10.2. The van der Waals surface area contributed by atoms with E-state index in [4.69, 9.17) is 0 Å². The summed E-state index contributed by atoms with van der Waals surface area (Å²) in [6.45, 7) is 2.19. The summed E-state index contributed by atoms with van der Waals surface area (Å²) < 4.78 is 0. The zero-order valence-corrected chi connectivity index (χ0v) is 13.2. The van der Waals surface area contributed by atoms with Gasteiger partial charge < -0.3 is 15.0 Å². The Labute approximate surface area is 129 Å². The Morgan fingerprint density at radius 3 is 2.33 bits per heavy atom. The summed E-state index contributed by atoms with van der Waals surface area (Å²) in [7, 11) is 0. The molecule has 0 rings (SSSR count). The van der Waals surface area contributed by atoms with E-state index in [2.05, 4.69) is 13.0 Å². The SMILES string of the molecule is CCCCC/C=C\C/C(O)=C\C/C=C\CCCCC(=O)[O-]. The molecule has 0 bridgehead atoms. The molecule has 3 nitrogen and oxygen atoms in total. The summed E-state index contributed by atoms with van der Waals surface area (Å²) in [6.07, 6.45) is 18.7. The van der Waals surface area contributed by atoms with Crippen LogP contribution in [0.4, 0.5) is 0 Å². The van der Waals surface area contributed by atoms with Crippen molar-refractivity contribution in [3.8, 4) is 0 Å².